The number of nitrogens with zero attached hydrogens (tertiary/aromatic N) is 1. The van der Waals surface area contributed by atoms with Crippen LogP contribution < -0.4 is 11.1 Å². The molecule has 1 aromatic rings. The summed E-state index contributed by atoms with van der Waals surface area (Å²) in [5, 5.41) is 3.30. The van der Waals surface area contributed by atoms with Crippen LogP contribution in [-0.2, 0) is 11.3 Å². The number of hydrogen-bond donors (Lipinski definition) is 2. The smallest absolute Gasteiger partial charge is 0.231 e. The number of carbonyl (C=O) groups is 1. The molecule has 20 heavy (non-hydrogen) atoms. The second-order valence-electron chi connectivity index (χ2n) is 5.09. The van der Waals surface area contributed by atoms with Gasteiger partial charge in [-0.25, -0.2) is 4.39 Å². The molecule has 0 spiro atoms. The van der Waals surface area contributed by atoms with Crippen LogP contribution in [0.25, 0.3) is 0 Å². The van der Waals surface area contributed by atoms with Gasteiger partial charge in [0.2, 0.25) is 5.91 Å². The number of halogens is 2. The Hall–Kier alpha value is -0.980. The molecule has 110 valence electrons. The molecule has 0 bridgehead atoms. The van der Waals surface area contributed by atoms with Crippen LogP contribution in [-0.4, -0.2) is 36.5 Å². The lowest BCUT2D eigenvalue weighted by Gasteiger charge is -2.34. The van der Waals surface area contributed by atoms with E-state index in [2.05, 4.69) is 26.1 Å². The molecule has 6 heteroatoms. The predicted octanol–water partition coefficient (Wildman–Crippen LogP) is 1.63. The van der Waals surface area contributed by atoms with Gasteiger partial charge in [0.15, 0.2) is 0 Å². The monoisotopic (exact) mass is 343 g/mol. The van der Waals surface area contributed by atoms with Gasteiger partial charge in [0, 0.05) is 17.1 Å². The molecule has 0 aliphatic carbocycles. The lowest BCUT2D eigenvalue weighted by Crippen LogP contribution is -2.46. The van der Waals surface area contributed by atoms with Gasteiger partial charge in [0.1, 0.15) is 5.82 Å². The van der Waals surface area contributed by atoms with Crippen molar-refractivity contribution in [1.82, 2.24) is 10.2 Å². The molecule has 1 aromatic carbocycles. The van der Waals surface area contributed by atoms with Crippen molar-refractivity contribution in [1.29, 1.82) is 0 Å². The first-order valence-electron chi connectivity index (χ1n) is 6.73. The highest BCUT2D eigenvalue weighted by Gasteiger charge is 2.23. The average Bonchev–Trinajstić information content (AvgIpc) is 2.41. The first-order chi connectivity index (χ1) is 9.56. The molecule has 0 aromatic heterocycles. The summed E-state index contributed by atoms with van der Waals surface area (Å²) < 4.78 is 13.8. The molecular formula is C14H19BrFN3O. The molecule has 1 heterocycles. The van der Waals surface area contributed by atoms with Crippen molar-refractivity contribution in [2.45, 2.75) is 25.4 Å². The Morgan fingerprint density at radius 1 is 1.45 bits per heavy atom. The van der Waals surface area contributed by atoms with E-state index in [1.807, 2.05) is 0 Å². The molecular weight excluding hydrogens is 325 g/mol. The third-order valence-corrected chi connectivity index (χ3v) is 4.31. The summed E-state index contributed by atoms with van der Waals surface area (Å²) in [7, 11) is 0. The Labute approximate surface area is 126 Å². The van der Waals surface area contributed by atoms with Crippen molar-refractivity contribution >= 4 is 21.8 Å². The van der Waals surface area contributed by atoms with Crippen molar-refractivity contribution in [3.63, 3.8) is 0 Å². The van der Waals surface area contributed by atoms with Gasteiger partial charge in [-0.15, -0.1) is 0 Å². The van der Waals surface area contributed by atoms with Gasteiger partial charge in [-0.3, -0.25) is 9.69 Å². The van der Waals surface area contributed by atoms with E-state index in [0.29, 0.717) is 12.6 Å². The number of benzene rings is 1. The first kappa shape index (κ1) is 15.4. The molecule has 0 saturated carbocycles. The van der Waals surface area contributed by atoms with Crippen LogP contribution in [0.2, 0.25) is 0 Å². The van der Waals surface area contributed by atoms with Crippen LogP contribution in [0.1, 0.15) is 18.4 Å². The zero-order valence-corrected chi connectivity index (χ0v) is 12.8. The fraction of sp³-hybridized carbons (Fsp3) is 0.500. The second kappa shape index (κ2) is 7.15. The van der Waals surface area contributed by atoms with Gasteiger partial charge in [0.25, 0.3) is 0 Å². The SMILES string of the molecule is NC(=O)CN(Cc1ccc(F)cc1Br)C1CCNCC1. The van der Waals surface area contributed by atoms with Crippen molar-refractivity contribution in [3.8, 4) is 0 Å². The number of primary amides is 1. The van der Waals surface area contributed by atoms with E-state index in [9.17, 15) is 9.18 Å². The predicted molar refractivity (Wildman–Crippen MR) is 79.6 cm³/mol. The lowest BCUT2D eigenvalue weighted by atomic mass is 10.0. The number of hydrogen-bond acceptors (Lipinski definition) is 3. The van der Waals surface area contributed by atoms with Crippen LogP contribution in [0.5, 0.6) is 0 Å². The Morgan fingerprint density at radius 3 is 2.75 bits per heavy atom. The van der Waals surface area contributed by atoms with Gasteiger partial charge in [-0.1, -0.05) is 22.0 Å². The van der Waals surface area contributed by atoms with Gasteiger partial charge >= 0.3 is 0 Å². The quantitative estimate of drug-likeness (QED) is 0.854. The minimum Gasteiger partial charge on any atom is -0.369 e. The summed E-state index contributed by atoms with van der Waals surface area (Å²) in [5.74, 6) is -0.606. The molecule has 0 unspecified atom stereocenters. The number of nitrogens with two attached hydrogens (primary N) is 1. The number of amides is 1. The maximum absolute atomic E-state index is 13.1. The molecule has 1 aliphatic heterocycles. The molecule has 1 saturated heterocycles. The second-order valence-corrected chi connectivity index (χ2v) is 5.94. The first-order valence-corrected chi connectivity index (χ1v) is 7.52. The summed E-state index contributed by atoms with van der Waals surface area (Å²) in [5.41, 5.74) is 6.31. The van der Waals surface area contributed by atoms with E-state index in [1.165, 1.54) is 12.1 Å². The molecule has 0 radical (unpaired) electrons. The maximum Gasteiger partial charge on any atom is 0.231 e. The normalized spacial score (nSPS) is 16.6. The fourth-order valence-corrected chi connectivity index (χ4v) is 3.03. The number of rotatable bonds is 5. The van der Waals surface area contributed by atoms with Gasteiger partial charge in [-0.05, 0) is 43.6 Å². The lowest BCUT2D eigenvalue weighted by molar-refractivity contribution is -0.120. The molecule has 1 fully saturated rings. The van der Waals surface area contributed by atoms with Crippen LogP contribution in [0.15, 0.2) is 22.7 Å². The highest BCUT2D eigenvalue weighted by molar-refractivity contribution is 9.10. The van der Waals surface area contributed by atoms with E-state index < -0.39 is 0 Å². The Morgan fingerprint density at radius 2 is 2.15 bits per heavy atom. The Kier molecular flexibility index (Phi) is 5.51. The van der Waals surface area contributed by atoms with E-state index >= 15 is 0 Å². The minimum atomic E-state index is -0.332. The van der Waals surface area contributed by atoms with Gasteiger partial charge in [-0.2, -0.15) is 0 Å². The zero-order chi connectivity index (χ0) is 14.5. The van der Waals surface area contributed by atoms with Crippen molar-refractivity contribution in [3.05, 3.63) is 34.1 Å². The Balaban J connectivity index is 2.11. The Bertz CT molecular complexity index is 477. The van der Waals surface area contributed by atoms with Crippen LogP contribution >= 0.6 is 15.9 Å². The third kappa shape index (κ3) is 4.26. The molecule has 0 atom stereocenters. The van der Waals surface area contributed by atoms with E-state index in [1.54, 1.807) is 6.07 Å². The number of carbonyl (C=O) groups excluding carboxylic acids is 1. The van der Waals surface area contributed by atoms with Crippen LogP contribution in [0.3, 0.4) is 0 Å². The summed E-state index contributed by atoms with van der Waals surface area (Å²) >= 11 is 3.37. The maximum atomic E-state index is 13.1. The van der Waals surface area contributed by atoms with Crippen molar-refractivity contribution < 1.29 is 9.18 Å². The average molecular weight is 344 g/mol. The molecule has 1 amide bonds. The van der Waals surface area contributed by atoms with Crippen LogP contribution in [0, 0.1) is 5.82 Å². The topological polar surface area (TPSA) is 58.4 Å². The summed E-state index contributed by atoms with van der Waals surface area (Å²) in [6.07, 6.45) is 1.98. The summed E-state index contributed by atoms with van der Waals surface area (Å²) in [6, 6.07) is 4.96. The minimum absolute atomic E-state index is 0.231. The van der Waals surface area contributed by atoms with E-state index in [-0.39, 0.29) is 18.3 Å². The molecule has 3 N–H and O–H groups in total. The molecule has 1 aliphatic rings. The third-order valence-electron chi connectivity index (χ3n) is 3.57. The van der Waals surface area contributed by atoms with Crippen molar-refractivity contribution in [2.75, 3.05) is 19.6 Å². The molecule has 2 rings (SSSR count). The van der Waals surface area contributed by atoms with E-state index in [0.717, 1.165) is 36.0 Å². The van der Waals surface area contributed by atoms with Gasteiger partial charge in [0.05, 0.1) is 6.54 Å². The van der Waals surface area contributed by atoms with E-state index in [4.69, 9.17) is 5.73 Å². The summed E-state index contributed by atoms with van der Waals surface area (Å²) in [6.45, 7) is 2.72. The largest absolute Gasteiger partial charge is 0.369 e. The highest BCUT2D eigenvalue weighted by atomic mass is 79.9. The molecule has 4 nitrogen and oxygen atoms in total. The fourth-order valence-electron chi connectivity index (χ4n) is 2.55. The highest BCUT2D eigenvalue weighted by Crippen LogP contribution is 2.22. The summed E-state index contributed by atoms with van der Waals surface area (Å²) in [4.78, 5) is 13.4. The number of nitrogens with one attached hydrogen (secondary N) is 1. The van der Waals surface area contributed by atoms with Crippen LogP contribution in [0.4, 0.5) is 4.39 Å². The van der Waals surface area contributed by atoms with Crippen molar-refractivity contribution in [2.24, 2.45) is 5.73 Å². The number of piperidine rings is 1. The standard InChI is InChI=1S/C14H19BrFN3O/c15-13-7-11(16)2-1-10(13)8-19(9-14(17)20)12-3-5-18-6-4-12/h1-2,7,12,18H,3-6,8-9H2,(H2,17,20). The van der Waals surface area contributed by atoms with Gasteiger partial charge < -0.3 is 11.1 Å². The zero-order valence-electron chi connectivity index (χ0n) is 11.2.